The second kappa shape index (κ2) is 7.30. The molecule has 0 aliphatic carbocycles. The van der Waals surface area contributed by atoms with Crippen LogP contribution in [0, 0.1) is 0 Å². The van der Waals surface area contributed by atoms with Gasteiger partial charge in [0.05, 0.1) is 12.3 Å². The van der Waals surface area contributed by atoms with Crippen molar-refractivity contribution in [2.75, 3.05) is 6.61 Å². The van der Waals surface area contributed by atoms with Crippen LogP contribution in [0.4, 0.5) is 0 Å². The zero-order chi connectivity index (χ0) is 16.1. The average molecular weight is 327 g/mol. The number of nitrogens with one attached hydrogen (secondary N) is 1. The molecular weight excluding hydrogens is 310 g/mol. The number of aromatic nitrogens is 2. The van der Waals surface area contributed by atoms with Crippen molar-refractivity contribution in [3.63, 3.8) is 0 Å². The number of amides is 1. The number of fused-ring (bicyclic) bond motifs is 1. The van der Waals surface area contributed by atoms with Gasteiger partial charge in [-0.3, -0.25) is 9.63 Å². The number of imidazole rings is 1. The molecule has 3 rings (SSSR count). The number of hydroxylamine groups is 1. The van der Waals surface area contributed by atoms with Crippen LogP contribution in [0.2, 0.25) is 0 Å². The first kappa shape index (κ1) is 15.6. The van der Waals surface area contributed by atoms with Gasteiger partial charge in [-0.2, -0.15) is 0 Å². The molecule has 0 atom stereocenters. The summed E-state index contributed by atoms with van der Waals surface area (Å²) in [5.41, 5.74) is 4.94. The Kier molecular flexibility index (Phi) is 4.95. The van der Waals surface area contributed by atoms with Crippen LogP contribution < -0.4 is 5.48 Å². The molecule has 118 valence electrons. The zero-order valence-corrected chi connectivity index (χ0v) is 13.5. The molecule has 2 aromatic heterocycles. The second-order valence-electron chi connectivity index (χ2n) is 4.88. The Balaban J connectivity index is 1.61. The molecule has 0 saturated heterocycles. The molecule has 1 aromatic carbocycles. The third-order valence-electron chi connectivity index (χ3n) is 3.23. The molecule has 0 saturated carbocycles. The quantitative estimate of drug-likeness (QED) is 0.557. The van der Waals surface area contributed by atoms with E-state index in [1.54, 1.807) is 23.9 Å². The van der Waals surface area contributed by atoms with Crippen LogP contribution in [0.3, 0.4) is 0 Å². The fraction of sp³-hybridized carbons (Fsp3) is 0.176. The third-order valence-corrected chi connectivity index (χ3v) is 4.27. The van der Waals surface area contributed by atoms with Crippen molar-refractivity contribution in [3.05, 3.63) is 66.1 Å². The maximum Gasteiger partial charge on any atom is 0.274 e. The first-order valence-corrected chi connectivity index (χ1v) is 8.32. The average Bonchev–Trinajstić information content (AvgIpc) is 3.01. The minimum atomic E-state index is -0.233. The van der Waals surface area contributed by atoms with E-state index in [-0.39, 0.29) is 5.91 Å². The van der Waals surface area contributed by atoms with Gasteiger partial charge < -0.3 is 4.40 Å². The number of benzene rings is 1. The van der Waals surface area contributed by atoms with Gasteiger partial charge in [0, 0.05) is 28.6 Å². The monoisotopic (exact) mass is 327 g/mol. The summed E-state index contributed by atoms with van der Waals surface area (Å²) in [5, 5.41) is 0. The van der Waals surface area contributed by atoms with Crippen molar-refractivity contribution in [2.45, 2.75) is 17.6 Å². The Bertz CT molecular complexity index is 766. The molecule has 0 aliphatic heterocycles. The molecule has 0 unspecified atom stereocenters. The smallest absolute Gasteiger partial charge is 0.274 e. The number of carbonyl (C=O) groups excluding carboxylic acids is 1. The van der Waals surface area contributed by atoms with E-state index in [0.717, 1.165) is 22.0 Å². The highest BCUT2D eigenvalue weighted by atomic mass is 32.2. The van der Waals surface area contributed by atoms with Crippen LogP contribution in [0.1, 0.15) is 23.0 Å². The maximum absolute atomic E-state index is 11.7. The molecule has 0 spiro atoms. The largest absolute Gasteiger partial charge is 0.307 e. The summed E-state index contributed by atoms with van der Waals surface area (Å²) in [4.78, 5) is 22.3. The summed E-state index contributed by atoms with van der Waals surface area (Å²) < 4.78 is 2.01. The van der Waals surface area contributed by atoms with Gasteiger partial charge in [0.15, 0.2) is 0 Å². The summed E-state index contributed by atoms with van der Waals surface area (Å²) in [6.45, 7) is 2.26. The highest BCUT2D eigenvalue weighted by Crippen LogP contribution is 2.23. The molecule has 5 nitrogen and oxygen atoms in total. The summed E-state index contributed by atoms with van der Waals surface area (Å²) in [5.74, 6) is 0.551. The van der Waals surface area contributed by atoms with Crippen molar-refractivity contribution < 1.29 is 9.63 Å². The summed E-state index contributed by atoms with van der Waals surface area (Å²) in [7, 11) is 0. The van der Waals surface area contributed by atoms with Crippen molar-refractivity contribution in [1.29, 1.82) is 0 Å². The van der Waals surface area contributed by atoms with E-state index in [1.807, 2.05) is 54.0 Å². The van der Waals surface area contributed by atoms with Crippen LogP contribution in [0.25, 0.3) is 5.65 Å². The molecule has 6 heteroatoms. The molecule has 0 bridgehead atoms. The van der Waals surface area contributed by atoms with E-state index in [9.17, 15) is 4.79 Å². The van der Waals surface area contributed by atoms with Crippen LogP contribution in [0.5, 0.6) is 0 Å². The first-order valence-electron chi connectivity index (χ1n) is 7.34. The van der Waals surface area contributed by atoms with Crippen LogP contribution in [-0.4, -0.2) is 21.9 Å². The van der Waals surface area contributed by atoms with Crippen LogP contribution in [-0.2, 0) is 10.6 Å². The third kappa shape index (κ3) is 3.91. The van der Waals surface area contributed by atoms with E-state index >= 15 is 0 Å². The first-order chi connectivity index (χ1) is 11.3. The lowest BCUT2D eigenvalue weighted by Gasteiger charge is -2.04. The van der Waals surface area contributed by atoms with Gasteiger partial charge >= 0.3 is 0 Å². The van der Waals surface area contributed by atoms with Crippen LogP contribution >= 0.6 is 11.8 Å². The van der Waals surface area contributed by atoms with E-state index < -0.39 is 0 Å². The number of nitrogens with zero attached hydrogens (tertiary/aromatic N) is 2. The number of carbonyl (C=O) groups is 1. The normalized spacial score (nSPS) is 10.8. The van der Waals surface area contributed by atoms with E-state index in [1.165, 1.54) is 0 Å². The molecule has 23 heavy (non-hydrogen) atoms. The number of thioether (sulfide) groups is 1. The van der Waals surface area contributed by atoms with Gasteiger partial charge in [-0.1, -0.05) is 6.07 Å². The molecule has 2 heterocycles. The minimum Gasteiger partial charge on any atom is -0.307 e. The summed E-state index contributed by atoms with van der Waals surface area (Å²) in [6, 6.07) is 13.4. The molecular formula is C17H17N3O2S. The van der Waals surface area contributed by atoms with Gasteiger partial charge in [0.2, 0.25) is 0 Å². The van der Waals surface area contributed by atoms with Gasteiger partial charge in [0.1, 0.15) is 5.65 Å². The predicted octanol–water partition coefficient (Wildman–Crippen LogP) is 3.31. The molecule has 0 radical (unpaired) electrons. The van der Waals surface area contributed by atoms with E-state index in [2.05, 4.69) is 10.5 Å². The Morgan fingerprint density at radius 2 is 2.09 bits per heavy atom. The molecule has 0 fully saturated rings. The van der Waals surface area contributed by atoms with Gasteiger partial charge in [0.25, 0.3) is 5.91 Å². The van der Waals surface area contributed by atoms with Crippen molar-refractivity contribution in [3.8, 4) is 0 Å². The fourth-order valence-electron chi connectivity index (χ4n) is 2.11. The van der Waals surface area contributed by atoms with Crippen molar-refractivity contribution in [2.24, 2.45) is 0 Å². The van der Waals surface area contributed by atoms with Crippen molar-refractivity contribution in [1.82, 2.24) is 14.9 Å². The lowest BCUT2D eigenvalue weighted by atomic mass is 10.2. The highest BCUT2D eigenvalue weighted by molar-refractivity contribution is 7.98. The van der Waals surface area contributed by atoms with E-state index in [4.69, 9.17) is 4.84 Å². The van der Waals surface area contributed by atoms with Gasteiger partial charge in [-0.05, 0) is 43.3 Å². The molecule has 0 aliphatic rings. The van der Waals surface area contributed by atoms with Gasteiger partial charge in [-0.15, -0.1) is 11.8 Å². The topological polar surface area (TPSA) is 55.6 Å². The van der Waals surface area contributed by atoms with Crippen LogP contribution in [0.15, 0.2) is 59.8 Å². The second-order valence-corrected chi connectivity index (χ2v) is 5.92. The summed E-state index contributed by atoms with van der Waals surface area (Å²) in [6.07, 6.45) is 4.02. The Hall–Kier alpha value is -2.31. The summed E-state index contributed by atoms with van der Waals surface area (Å²) >= 11 is 1.69. The Labute approximate surface area is 138 Å². The maximum atomic E-state index is 11.7. The lowest BCUT2D eigenvalue weighted by molar-refractivity contribution is 0.0364. The minimum absolute atomic E-state index is 0.233. The highest BCUT2D eigenvalue weighted by Gasteiger charge is 2.06. The number of rotatable bonds is 6. The fourth-order valence-corrected chi connectivity index (χ4v) is 2.90. The number of pyridine rings is 1. The number of hydrogen-bond donors (Lipinski definition) is 1. The standard InChI is InChI=1S/C17H17N3O2S/c1-2-22-19-17(21)13-6-8-15(9-7-13)23-12-14-11-20-10-4-3-5-16(20)18-14/h3-11H,2,12H2,1H3,(H,19,21). The number of hydrogen-bond acceptors (Lipinski definition) is 4. The van der Waals surface area contributed by atoms with Gasteiger partial charge in [-0.25, -0.2) is 10.5 Å². The predicted molar refractivity (Wildman–Crippen MR) is 90.3 cm³/mol. The lowest BCUT2D eigenvalue weighted by Crippen LogP contribution is -2.23. The Morgan fingerprint density at radius 1 is 1.26 bits per heavy atom. The molecule has 3 aromatic rings. The Morgan fingerprint density at radius 3 is 2.83 bits per heavy atom. The SMILES string of the molecule is CCONC(=O)c1ccc(SCc2cn3ccccc3n2)cc1. The molecule has 1 amide bonds. The van der Waals surface area contributed by atoms with Crippen molar-refractivity contribution >= 4 is 23.3 Å². The zero-order valence-electron chi connectivity index (χ0n) is 12.7. The van der Waals surface area contributed by atoms with E-state index in [0.29, 0.717) is 12.2 Å². The molecule has 1 N–H and O–H groups in total.